The molecule has 21 heavy (non-hydrogen) atoms. The smallest absolute Gasteiger partial charge is 0.222 e. The van der Waals surface area contributed by atoms with Gasteiger partial charge < -0.3 is 10.2 Å². The lowest BCUT2D eigenvalue weighted by Crippen LogP contribution is -2.49. The van der Waals surface area contributed by atoms with E-state index in [1.807, 2.05) is 0 Å². The normalized spacial score (nSPS) is 29.2. The number of rotatable bonds is 5. The van der Waals surface area contributed by atoms with Crippen molar-refractivity contribution in [3.63, 3.8) is 0 Å². The first-order valence-electron chi connectivity index (χ1n) is 9.31. The van der Waals surface area contributed by atoms with Crippen LogP contribution in [0, 0.1) is 5.41 Å². The Labute approximate surface area is 129 Å². The van der Waals surface area contributed by atoms with Crippen molar-refractivity contribution in [1.82, 2.24) is 10.2 Å². The molecule has 120 valence electrons. The van der Waals surface area contributed by atoms with Crippen molar-refractivity contribution in [3.05, 3.63) is 0 Å². The van der Waals surface area contributed by atoms with E-state index >= 15 is 0 Å². The lowest BCUT2D eigenvalue weighted by atomic mass is 9.62. The van der Waals surface area contributed by atoms with Crippen LogP contribution in [0.2, 0.25) is 0 Å². The van der Waals surface area contributed by atoms with Gasteiger partial charge in [-0.05, 0) is 50.5 Å². The molecular weight excluding hydrogens is 260 g/mol. The predicted molar refractivity (Wildman–Crippen MR) is 86.2 cm³/mol. The van der Waals surface area contributed by atoms with Gasteiger partial charge in [-0.1, -0.05) is 32.1 Å². The molecule has 3 fully saturated rings. The summed E-state index contributed by atoms with van der Waals surface area (Å²) in [6.07, 6.45) is 15.9. The molecule has 2 aliphatic carbocycles. The van der Waals surface area contributed by atoms with Crippen LogP contribution in [0.5, 0.6) is 0 Å². The molecule has 1 aliphatic heterocycles. The van der Waals surface area contributed by atoms with Crippen LogP contribution < -0.4 is 5.32 Å². The molecule has 1 amide bonds. The SMILES string of the molecule is O=C1CCCN1CCCNC1CCCCC12CCCCC2. The average molecular weight is 292 g/mol. The molecule has 1 N–H and O–H groups in total. The number of nitrogens with one attached hydrogen (secondary N) is 1. The van der Waals surface area contributed by atoms with Gasteiger partial charge >= 0.3 is 0 Å². The monoisotopic (exact) mass is 292 g/mol. The summed E-state index contributed by atoms with van der Waals surface area (Å²) in [7, 11) is 0. The Morgan fingerprint density at radius 3 is 2.52 bits per heavy atom. The predicted octanol–water partition coefficient (Wildman–Crippen LogP) is 3.48. The maximum absolute atomic E-state index is 11.6. The number of carbonyl (C=O) groups excluding carboxylic acids is 1. The van der Waals surface area contributed by atoms with E-state index in [0.717, 1.165) is 44.9 Å². The van der Waals surface area contributed by atoms with Crippen molar-refractivity contribution in [3.8, 4) is 0 Å². The highest BCUT2D eigenvalue weighted by molar-refractivity contribution is 5.77. The molecule has 1 heterocycles. The molecule has 3 aliphatic rings. The summed E-state index contributed by atoms with van der Waals surface area (Å²) >= 11 is 0. The molecule has 0 aromatic carbocycles. The van der Waals surface area contributed by atoms with Gasteiger partial charge in [-0.2, -0.15) is 0 Å². The van der Waals surface area contributed by atoms with Gasteiger partial charge in [-0.3, -0.25) is 4.79 Å². The van der Waals surface area contributed by atoms with Gasteiger partial charge in [0.2, 0.25) is 5.91 Å². The highest BCUT2D eigenvalue weighted by Crippen LogP contribution is 2.47. The first-order valence-corrected chi connectivity index (χ1v) is 9.31. The van der Waals surface area contributed by atoms with Crippen LogP contribution in [0.25, 0.3) is 0 Å². The highest BCUT2D eigenvalue weighted by atomic mass is 16.2. The van der Waals surface area contributed by atoms with Crippen LogP contribution in [0.1, 0.15) is 77.0 Å². The Morgan fingerprint density at radius 2 is 1.81 bits per heavy atom. The molecule has 1 saturated heterocycles. The third-order valence-electron chi connectivity index (χ3n) is 6.17. The molecule has 0 radical (unpaired) electrons. The summed E-state index contributed by atoms with van der Waals surface area (Å²) in [5.74, 6) is 0.372. The van der Waals surface area contributed by atoms with Crippen LogP contribution >= 0.6 is 0 Å². The lowest BCUT2D eigenvalue weighted by molar-refractivity contribution is -0.127. The fourth-order valence-corrected chi connectivity index (χ4v) is 4.97. The minimum Gasteiger partial charge on any atom is -0.343 e. The maximum atomic E-state index is 11.6. The summed E-state index contributed by atoms with van der Waals surface area (Å²) in [5, 5.41) is 3.88. The number of likely N-dealkylation sites (tertiary alicyclic amines) is 1. The van der Waals surface area contributed by atoms with E-state index in [2.05, 4.69) is 10.2 Å². The van der Waals surface area contributed by atoms with Gasteiger partial charge in [-0.25, -0.2) is 0 Å². The van der Waals surface area contributed by atoms with Gasteiger partial charge in [0.25, 0.3) is 0 Å². The Morgan fingerprint density at radius 1 is 1.05 bits per heavy atom. The first kappa shape index (κ1) is 15.3. The van der Waals surface area contributed by atoms with Crippen LogP contribution in [-0.4, -0.2) is 36.5 Å². The number of hydrogen-bond donors (Lipinski definition) is 1. The molecule has 0 bridgehead atoms. The van der Waals surface area contributed by atoms with E-state index in [1.165, 1.54) is 57.8 Å². The molecule has 0 aromatic rings. The topological polar surface area (TPSA) is 32.3 Å². The minimum absolute atomic E-state index is 0.372. The zero-order valence-electron chi connectivity index (χ0n) is 13.5. The molecule has 3 nitrogen and oxygen atoms in total. The zero-order chi connectivity index (χ0) is 14.5. The van der Waals surface area contributed by atoms with Gasteiger partial charge in [0.1, 0.15) is 0 Å². The van der Waals surface area contributed by atoms with Crippen molar-refractivity contribution in [2.24, 2.45) is 5.41 Å². The van der Waals surface area contributed by atoms with Crippen molar-refractivity contribution in [1.29, 1.82) is 0 Å². The molecule has 3 heteroatoms. The molecule has 3 rings (SSSR count). The zero-order valence-corrected chi connectivity index (χ0v) is 13.5. The number of carbonyl (C=O) groups is 1. The molecule has 1 unspecified atom stereocenters. The second-order valence-corrected chi connectivity index (χ2v) is 7.51. The van der Waals surface area contributed by atoms with E-state index in [1.54, 1.807) is 0 Å². The summed E-state index contributed by atoms with van der Waals surface area (Å²) < 4.78 is 0. The third-order valence-corrected chi connectivity index (χ3v) is 6.17. The third kappa shape index (κ3) is 3.61. The fraction of sp³-hybridized carbons (Fsp3) is 0.944. The lowest BCUT2D eigenvalue weighted by Gasteiger charge is -2.47. The first-order chi connectivity index (χ1) is 10.3. The Hall–Kier alpha value is -0.570. The van der Waals surface area contributed by atoms with Crippen LogP contribution in [0.4, 0.5) is 0 Å². The second-order valence-electron chi connectivity index (χ2n) is 7.51. The second kappa shape index (κ2) is 7.13. The Balaban J connectivity index is 1.43. The van der Waals surface area contributed by atoms with Crippen molar-refractivity contribution < 1.29 is 4.79 Å². The summed E-state index contributed by atoms with van der Waals surface area (Å²) in [6.45, 7) is 3.05. The molecule has 0 aromatic heterocycles. The van der Waals surface area contributed by atoms with E-state index in [9.17, 15) is 4.79 Å². The van der Waals surface area contributed by atoms with Crippen LogP contribution in [0.15, 0.2) is 0 Å². The van der Waals surface area contributed by atoms with Gasteiger partial charge in [-0.15, -0.1) is 0 Å². The van der Waals surface area contributed by atoms with E-state index in [0.29, 0.717) is 11.3 Å². The van der Waals surface area contributed by atoms with Gasteiger partial charge in [0.15, 0.2) is 0 Å². The summed E-state index contributed by atoms with van der Waals surface area (Å²) in [5.41, 5.74) is 0.625. The van der Waals surface area contributed by atoms with Crippen LogP contribution in [0.3, 0.4) is 0 Å². The molecular formula is C18H32N2O. The Bertz CT molecular complexity index is 341. The average Bonchev–Trinajstić information content (AvgIpc) is 2.92. The van der Waals surface area contributed by atoms with Crippen LogP contribution in [-0.2, 0) is 4.79 Å². The molecule has 1 spiro atoms. The van der Waals surface area contributed by atoms with E-state index in [-0.39, 0.29) is 0 Å². The molecule has 1 atom stereocenters. The van der Waals surface area contributed by atoms with Gasteiger partial charge in [0, 0.05) is 25.6 Å². The standard InChI is InChI=1S/C18H32N2O/c21-17-9-6-14-20(17)15-7-13-19-16-8-2-5-12-18(16)10-3-1-4-11-18/h16,19H,1-15H2. The summed E-state index contributed by atoms with van der Waals surface area (Å²) in [6, 6.07) is 0.751. The summed E-state index contributed by atoms with van der Waals surface area (Å²) in [4.78, 5) is 13.7. The van der Waals surface area contributed by atoms with E-state index < -0.39 is 0 Å². The number of hydrogen-bond acceptors (Lipinski definition) is 2. The number of nitrogens with zero attached hydrogens (tertiary/aromatic N) is 1. The van der Waals surface area contributed by atoms with Gasteiger partial charge in [0.05, 0.1) is 0 Å². The Kier molecular flexibility index (Phi) is 5.20. The molecule has 2 saturated carbocycles. The van der Waals surface area contributed by atoms with Crippen molar-refractivity contribution in [2.45, 2.75) is 83.1 Å². The number of amides is 1. The maximum Gasteiger partial charge on any atom is 0.222 e. The highest BCUT2D eigenvalue weighted by Gasteiger charge is 2.40. The van der Waals surface area contributed by atoms with E-state index in [4.69, 9.17) is 0 Å². The minimum atomic E-state index is 0.372. The quantitative estimate of drug-likeness (QED) is 0.787. The largest absolute Gasteiger partial charge is 0.343 e. The van der Waals surface area contributed by atoms with Crippen molar-refractivity contribution in [2.75, 3.05) is 19.6 Å². The fourth-order valence-electron chi connectivity index (χ4n) is 4.97. The van der Waals surface area contributed by atoms with Crippen molar-refractivity contribution >= 4 is 5.91 Å².